The van der Waals surface area contributed by atoms with Crippen LogP contribution in [0, 0.1) is 0 Å². The number of fused-ring (bicyclic) bond motifs is 2. The average molecular weight is 513 g/mol. The van der Waals surface area contributed by atoms with E-state index in [-0.39, 0.29) is 18.6 Å². The number of carbonyl (C=O) groups excluding carboxylic acids is 1. The zero-order chi connectivity index (χ0) is 24.9. The van der Waals surface area contributed by atoms with Crippen LogP contribution < -0.4 is 20.5 Å². The molecule has 2 aliphatic heterocycles. The number of oxime groups is 1. The molecule has 4 heterocycles. The molecule has 12 heteroatoms. The molecule has 5 rings (SSSR count). The monoisotopic (exact) mass is 512 g/mol. The molecule has 2 aliphatic rings. The van der Waals surface area contributed by atoms with Crippen molar-refractivity contribution in [1.82, 2.24) is 20.2 Å². The molecule has 3 N–H and O–H groups in total. The number of anilines is 1. The predicted molar refractivity (Wildman–Crippen MR) is 136 cm³/mol. The Morgan fingerprint density at radius 1 is 1.19 bits per heavy atom. The van der Waals surface area contributed by atoms with Crippen LogP contribution in [0.5, 0.6) is 11.5 Å². The van der Waals surface area contributed by atoms with Gasteiger partial charge in [0.1, 0.15) is 22.8 Å². The zero-order valence-corrected chi connectivity index (χ0v) is 20.8. The fraction of sp³-hybridized carbons (Fsp3) is 0.417. The smallest absolute Gasteiger partial charge is 0.261 e. The van der Waals surface area contributed by atoms with E-state index in [1.54, 1.807) is 13.2 Å². The lowest BCUT2D eigenvalue weighted by atomic mass is 10.0. The van der Waals surface area contributed by atoms with Crippen LogP contribution in [0.3, 0.4) is 0 Å². The number of benzene rings is 1. The molecular formula is C24H28N6O5S. The summed E-state index contributed by atoms with van der Waals surface area (Å²) in [5.74, 6) is 1.13. The van der Waals surface area contributed by atoms with Crippen molar-refractivity contribution in [2.75, 3.05) is 59.0 Å². The molecule has 1 saturated heterocycles. The van der Waals surface area contributed by atoms with Crippen LogP contribution in [0.15, 0.2) is 29.4 Å². The summed E-state index contributed by atoms with van der Waals surface area (Å²) >= 11 is 1.24. The molecule has 0 unspecified atom stereocenters. The maximum absolute atomic E-state index is 12.7. The minimum Gasteiger partial charge on any atom is -0.454 e. The Morgan fingerprint density at radius 2 is 2.03 bits per heavy atom. The molecule has 190 valence electrons. The second-order valence-corrected chi connectivity index (χ2v) is 9.43. The summed E-state index contributed by atoms with van der Waals surface area (Å²) in [4.78, 5) is 30.7. The molecule has 3 aromatic rings. The van der Waals surface area contributed by atoms with Crippen LogP contribution in [-0.4, -0.2) is 79.8 Å². The predicted octanol–water partition coefficient (Wildman–Crippen LogP) is 2.24. The Balaban J connectivity index is 1.49. The largest absolute Gasteiger partial charge is 0.454 e. The highest BCUT2D eigenvalue weighted by Crippen LogP contribution is 2.34. The second-order valence-electron chi connectivity index (χ2n) is 8.40. The third-order valence-electron chi connectivity index (χ3n) is 5.95. The molecule has 0 bridgehead atoms. The molecule has 0 atom stereocenters. The number of amides is 1. The van der Waals surface area contributed by atoms with E-state index < -0.39 is 0 Å². The molecule has 0 spiro atoms. The average Bonchev–Trinajstić information content (AvgIpc) is 3.64. The molecule has 1 amide bonds. The maximum Gasteiger partial charge on any atom is 0.261 e. The van der Waals surface area contributed by atoms with Gasteiger partial charge in [-0.3, -0.25) is 9.69 Å². The van der Waals surface area contributed by atoms with E-state index in [9.17, 15) is 4.79 Å². The number of nitrogens with zero attached hydrogens (tertiary/aromatic N) is 4. The first-order chi connectivity index (χ1) is 17.6. The van der Waals surface area contributed by atoms with Gasteiger partial charge in [0, 0.05) is 31.1 Å². The van der Waals surface area contributed by atoms with Crippen molar-refractivity contribution in [2.45, 2.75) is 12.8 Å². The third-order valence-corrected chi connectivity index (χ3v) is 6.98. The van der Waals surface area contributed by atoms with Gasteiger partial charge in [-0.05, 0) is 50.2 Å². The van der Waals surface area contributed by atoms with Gasteiger partial charge in [-0.1, -0.05) is 5.16 Å². The minimum atomic E-state index is -0.219. The van der Waals surface area contributed by atoms with Gasteiger partial charge in [0.2, 0.25) is 12.7 Å². The third kappa shape index (κ3) is 5.35. The van der Waals surface area contributed by atoms with Gasteiger partial charge in [0.15, 0.2) is 11.5 Å². The molecule has 0 aliphatic carbocycles. The number of rotatable bonds is 10. The van der Waals surface area contributed by atoms with E-state index >= 15 is 0 Å². The van der Waals surface area contributed by atoms with E-state index in [4.69, 9.17) is 24.8 Å². The summed E-state index contributed by atoms with van der Waals surface area (Å²) < 4.78 is 16.0. The quantitative estimate of drug-likeness (QED) is 0.238. The fourth-order valence-electron chi connectivity index (χ4n) is 4.15. The van der Waals surface area contributed by atoms with Gasteiger partial charge in [-0.25, -0.2) is 9.97 Å². The number of methoxy groups -OCH3 is 1. The molecular weight excluding hydrogens is 484 g/mol. The fourth-order valence-corrected chi connectivity index (χ4v) is 5.10. The van der Waals surface area contributed by atoms with E-state index in [2.05, 4.69) is 25.3 Å². The van der Waals surface area contributed by atoms with Crippen molar-refractivity contribution >= 4 is 39.1 Å². The van der Waals surface area contributed by atoms with Crippen molar-refractivity contribution in [2.24, 2.45) is 5.16 Å². The number of likely N-dealkylation sites (tertiary alicyclic amines) is 1. The number of hydrogen-bond donors (Lipinski definition) is 2. The summed E-state index contributed by atoms with van der Waals surface area (Å²) in [5.41, 5.74) is 7.74. The molecule has 0 saturated carbocycles. The zero-order valence-electron chi connectivity index (χ0n) is 20.0. The van der Waals surface area contributed by atoms with Crippen LogP contribution in [0.25, 0.3) is 10.2 Å². The Kier molecular flexibility index (Phi) is 7.44. The first-order valence-corrected chi connectivity index (χ1v) is 12.6. The summed E-state index contributed by atoms with van der Waals surface area (Å²) in [5, 5.41) is 7.98. The van der Waals surface area contributed by atoms with Crippen molar-refractivity contribution in [3.8, 4) is 11.5 Å². The van der Waals surface area contributed by atoms with Crippen molar-refractivity contribution in [3.63, 3.8) is 0 Å². The van der Waals surface area contributed by atoms with E-state index in [1.165, 1.54) is 24.2 Å². The van der Waals surface area contributed by atoms with Crippen LogP contribution >= 0.6 is 11.3 Å². The molecule has 36 heavy (non-hydrogen) atoms. The van der Waals surface area contributed by atoms with Crippen LogP contribution in [0.1, 0.15) is 33.8 Å². The Hall–Kier alpha value is -3.48. The van der Waals surface area contributed by atoms with Crippen LogP contribution in [0.2, 0.25) is 0 Å². The number of hydrogen-bond acceptors (Lipinski definition) is 11. The number of nitrogens with two attached hydrogens (primary N) is 1. The number of ether oxygens (including phenoxy) is 3. The summed E-state index contributed by atoms with van der Waals surface area (Å²) in [6.07, 6.45) is 2.42. The van der Waals surface area contributed by atoms with Crippen LogP contribution in [-0.2, 0) is 9.57 Å². The lowest BCUT2D eigenvalue weighted by molar-refractivity contribution is 0.0941. The van der Waals surface area contributed by atoms with Gasteiger partial charge in [0.25, 0.3) is 5.91 Å². The lowest BCUT2D eigenvalue weighted by Crippen LogP contribution is -2.26. The Labute approximate surface area is 212 Å². The van der Waals surface area contributed by atoms with Gasteiger partial charge in [0.05, 0.1) is 11.5 Å². The summed E-state index contributed by atoms with van der Waals surface area (Å²) in [7, 11) is 1.58. The first kappa shape index (κ1) is 24.2. The Bertz CT molecular complexity index is 1270. The normalized spacial score (nSPS) is 15.5. The van der Waals surface area contributed by atoms with Crippen molar-refractivity contribution < 1.29 is 23.8 Å². The summed E-state index contributed by atoms with van der Waals surface area (Å²) in [6, 6.07) is 7.27. The number of thiophene rings is 1. The Morgan fingerprint density at radius 3 is 2.86 bits per heavy atom. The number of carbonyl (C=O) groups is 1. The van der Waals surface area contributed by atoms with Gasteiger partial charge >= 0.3 is 0 Å². The highest BCUT2D eigenvalue weighted by Gasteiger charge is 2.23. The SMILES string of the molecule is COCCNC(=O)c1cc2c(/C(=N\OCCN3CCCC3)c3ccc4c(c3)OCO4)nc(N)nc2s1. The van der Waals surface area contributed by atoms with Crippen molar-refractivity contribution in [1.29, 1.82) is 0 Å². The maximum atomic E-state index is 12.7. The minimum absolute atomic E-state index is 0.0798. The number of nitrogens with one attached hydrogen (secondary N) is 1. The highest BCUT2D eigenvalue weighted by atomic mass is 32.1. The molecule has 0 radical (unpaired) electrons. The van der Waals surface area contributed by atoms with E-state index in [0.717, 1.165) is 25.2 Å². The van der Waals surface area contributed by atoms with Gasteiger partial charge < -0.3 is 30.1 Å². The van der Waals surface area contributed by atoms with Gasteiger partial charge in [-0.2, -0.15) is 0 Å². The van der Waals surface area contributed by atoms with Crippen LogP contribution in [0.4, 0.5) is 5.95 Å². The molecule has 2 aromatic heterocycles. The molecule has 11 nitrogen and oxygen atoms in total. The summed E-state index contributed by atoms with van der Waals surface area (Å²) in [6.45, 7) is 4.38. The molecule has 1 fully saturated rings. The van der Waals surface area contributed by atoms with Crippen molar-refractivity contribution in [3.05, 3.63) is 40.4 Å². The second kappa shape index (κ2) is 11.1. The van der Waals surface area contributed by atoms with E-state index in [1.807, 2.05) is 18.2 Å². The topological polar surface area (TPSA) is 133 Å². The lowest BCUT2D eigenvalue weighted by Gasteiger charge is -2.14. The standard InChI is InChI=1S/C24H28N6O5S/c1-32-10-6-26-22(31)19-13-16-21(27-24(25)28-23(16)36-19)20(29-35-11-9-30-7-2-3-8-30)15-4-5-17-18(12-15)34-14-33-17/h4-5,12-13H,2-3,6-11,14H2,1H3,(H,26,31)(H2,25,27,28)/b29-20-. The van der Waals surface area contributed by atoms with E-state index in [0.29, 0.717) is 57.8 Å². The van der Waals surface area contributed by atoms with Gasteiger partial charge in [-0.15, -0.1) is 11.3 Å². The first-order valence-electron chi connectivity index (χ1n) is 11.8. The highest BCUT2D eigenvalue weighted by molar-refractivity contribution is 7.20. The number of nitrogen functional groups attached to an aromatic ring is 1. The number of aromatic nitrogens is 2. The molecule has 1 aromatic carbocycles.